The lowest BCUT2D eigenvalue weighted by atomic mass is 10.2. The number of hydrogen-bond acceptors (Lipinski definition) is 2. The van der Waals surface area contributed by atoms with Crippen LogP contribution in [-0.4, -0.2) is 9.55 Å². The largest absolute Gasteiger partial charge is 0.361 e. The van der Waals surface area contributed by atoms with E-state index in [-0.39, 0.29) is 4.87 Å². The standard InChI is InChI=1S/C16H12N2OS/c19-16-18(14-7-3-4-8-15(14)20-16)10-11-9-17-13-6-2-1-5-12(11)13/h1-9,17H,10H2. The summed E-state index contributed by atoms with van der Waals surface area (Å²) in [5.41, 5.74) is 3.26. The highest BCUT2D eigenvalue weighted by Crippen LogP contribution is 2.21. The van der Waals surface area contributed by atoms with E-state index in [9.17, 15) is 4.79 Å². The first kappa shape index (κ1) is 11.5. The van der Waals surface area contributed by atoms with Crippen LogP contribution in [0.2, 0.25) is 0 Å². The summed E-state index contributed by atoms with van der Waals surface area (Å²) in [7, 11) is 0. The van der Waals surface area contributed by atoms with Crippen molar-refractivity contribution >= 4 is 32.5 Å². The van der Waals surface area contributed by atoms with Crippen LogP contribution in [0.4, 0.5) is 0 Å². The van der Waals surface area contributed by atoms with Gasteiger partial charge in [-0.3, -0.25) is 9.36 Å². The second-order valence-electron chi connectivity index (χ2n) is 4.78. The van der Waals surface area contributed by atoms with Crippen LogP contribution in [0.3, 0.4) is 0 Å². The van der Waals surface area contributed by atoms with Crippen LogP contribution >= 0.6 is 11.3 Å². The molecule has 0 aliphatic carbocycles. The molecule has 0 amide bonds. The van der Waals surface area contributed by atoms with Crippen molar-refractivity contribution in [2.45, 2.75) is 6.54 Å². The van der Waals surface area contributed by atoms with Gasteiger partial charge in [-0.1, -0.05) is 41.7 Å². The molecule has 20 heavy (non-hydrogen) atoms. The van der Waals surface area contributed by atoms with E-state index in [0.29, 0.717) is 6.54 Å². The van der Waals surface area contributed by atoms with E-state index in [4.69, 9.17) is 0 Å². The van der Waals surface area contributed by atoms with E-state index < -0.39 is 0 Å². The molecule has 0 spiro atoms. The van der Waals surface area contributed by atoms with Gasteiger partial charge >= 0.3 is 4.87 Å². The summed E-state index contributed by atoms with van der Waals surface area (Å²) in [6, 6.07) is 16.1. The third kappa shape index (κ3) is 1.69. The maximum absolute atomic E-state index is 12.2. The Balaban J connectivity index is 1.89. The quantitative estimate of drug-likeness (QED) is 0.598. The third-order valence-electron chi connectivity index (χ3n) is 3.58. The summed E-state index contributed by atoms with van der Waals surface area (Å²) >= 11 is 1.30. The molecule has 0 fully saturated rings. The highest BCUT2D eigenvalue weighted by atomic mass is 32.1. The van der Waals surface area contributed by atoms with E-state index in [1.54, 1.807) is 0 Å². The first-order chi connectivity index (χ1) is 9.83. The van der Waals surface area contributed by atoms with Crippen molar-refractivity contribution in [1.82, 2.24) is 9.55 Å². The molecule has 2 aromatic heterocycles. The van der Waals surface area contributed by atoms with Crippen LogP contribution in [-0.2, 0) is 6.54 Å². The zero-order chi connectivity index (χ0) is 13.5. The van der Waals surface area contributed by atoms with E-state index in [0.717, 1.165) is 21.3 Å². The molecule has 0 radical (unpaired) electrons. The van der Waals surface area contributed by atoms with Gasteiger partial charge in [-0.05, 0) is 23.8 Å². The van der Waals surface area contributed by atoms with Gasteiger partial charge in [-0.25, -0.2) is 0 Å². The first-order valence-electron chi connectivity index (χ1n) is 6.46. The SMILES string of the molecule is O=c1sc2ccccc2n1Cc1c[nH]c2ccccc12. The Labute approximate surface area is 119 Å². The average molecular weight is 280 g/mol. The number of para-hydroxylation sites is 2. The summed E-state index contributed by atoms with van der Waals surface area (Å²) in [6.07, 6.45) is 1.99. The van der Waals surface area contributed by atoms with Crippen molar-refractivity contribution in [2.24, 2.45) is 0 Å². The smallest absolute Gasteiger partial charge is 0.308 e. The molecule has 2 aromatic carbocycles. The number of aromatic amines is 1. The molecule has 0 saturated carbocycles. The van der Waals surface area contributed by atoms with Gasteiger partial charge in [-0.2, -0.15) is 0 Å². The number of fused-ring (bicyclic) bond motifs is 2. The maximum atomic E-state index is 12.2. The van der Waals surface area contributed by atoms with Crippen molar-refractivity contribution in [3.05, 3.63) is 70.0 Å². The number of thiazole rings is 1. The summed E-state index contributed by atoms with van der Waals surface area (Å²) < 4.78 is 2.88. The minimum absolute atomic E-state index is 0.0940. The highest BCUT2D eigenvalue weighted by molar-refractivity contribution is 7.16. The minimum atomic E-state index is 0.0940. The summed E-state index contributed by atoms with van der Waals surface area (Å²) in [5, 5.41) is 1.18. The normalized spacial score (nSPS) is 11.4. The first-order valence-corrected chi connectivity index (χ1v) is 7.28. The lowest BCUT2D eigenvalue weighted by Gasteiger charge is -2.02. The van der Waals surface area contributed by atoms with Gasteiger partial charge in [-0.15, -0.1) is 0 Å². The number of hydrogen-bond donors (Lipinski definition) is 1. The van der Waals surface area contributed by atoms with Crippen LogP contribution in [0.25, 0.3) is 21.1 Å². The third-order valence-corrected chi connectivity index (χ3v) is 4.54. The van der Waals surface area contributed by atoms with Gasteiger partial charge in [0.05, 0.1) is 16.8 Å². The Morgan fingerprint density at radius 3 is 2.80 bits per heavy atom. The lowest BCUT2D eigenvalue weighted by molar-refractivity contribution is 0.821. The summed E-state index contributed by atoms with van der Waals surface area (Å²) in [4.78, 5) is 15.5. The van der Waals surface area contributed by atoms with E-state index in [1.807, 2.05) is 53.2 Å². The number of benzene rings is 2. The molecule has 0 atom stereocenters. The van der Waals surface area contributed by atoms with Crippen molar-refractivity contribution in [1.29, 1.82) is 0 Å². The predicted octanol–water partition coefficient (Wildman–Crippen LogP) is 3.59. The number of rotatable bonds is 2. The highest BCUT2D eigenvalue weighted by Gasteiger charge is 2.09. The van der Waals surface area contributed by atoms with E-state index >= 15 is 0 Å². The molecule has 0 aliphatic rings. The fourth-order valence-corrected chi connectivity index (χ4v) is 3.49. The lowest BCUT2D eigenvalue weighted by Crippen LogP contribution is -2.13. The molecule has 4 rings (SSSR count). The molecule has 0 unspecified atom stereocenters. The Morgan fingerprint density at radius 1 is 1.05 bits per heavy atom. The molecule has 0 saturated heterocycles. The van der Waals surface area contributed by atoms with Crippen molar-refractivity contribution in [3.63, 3.8) is 0 Å². The average Bonchev–Trinajstić information content (AvgIpc) is 3.02. The second-order valence-corrected chi connectivity index (χ2v) is 5.77. The maximum Gasteiger partial charge on any atom is 0.308 e. The fourth-order valence-electron chi connectivity index (χ4n) is 2.60. The molecule has 1 N–H and O–H groups in total. The second kappa shape index (κ2) is 4.35. The Kier molecular flexibility index (Phi) is 2.50. The monoisotopic (exact) mass is 280 g/mol. The molecule has 2 heterocycles. The fraction of sp³-hybridized carbons (Fsp3) is 0.0625. The molecule has 0 bridgehead atoms. The minimum Gasteiger partial charge on any atom is -0.361 e. The van der Waals surface area contributed by atoms with Gasteiger partial charge in [0.15, 0.2) is 0 Å². The van der Waals surface area contributed by atoms with Crippen LogP contribution in [0.1, 0.15) is 5.56 Å². The van der Waals surface area contributed by atoms with Crippen molar-refractivity contribution in [2.75, 3.05) is 0 Å². The molecule has 0 aliphatic heterocycles. The molecular formula is C16H12N2OS. The summed E-state index contributed by atoms with van der Waals surface area (Å²) in [6.45, 7) is 0.604. The van der Waals surface area contributed by atoms with Gasteiger partial charge in [0.2, 0.25) is 0 Å². The molecule has 3 nitrogen and oxygen atoms in total. The van der Waals surface area contributed by atoms with Gasteiger partial charge < -0.3 is 4.98 Å². The van der Waals surface area contributed by atoms with Gasteiger partial charge in [0.1, 0.15) is 0 Å². The number of nitrogens with one attached hydrogen (secondary N) is 1. The Bertz CT molecular complexity index is 961. The number of nitrogens with zero attached hydrogens (tertiary/aromatic N) is 1. The van der Waals surface area contributed by atoms with Crippen LogP contribution in [0, 0.1) is 0 Å². The van der Waals surface area contributed by atoms with Gasteiger partial charge in [0, 0.05) is 17.1 Å². The van der Waals surface area contributed by atoms with Crippen LogP contribution < -0.4 is 4.87 Å². The van der Waals surface area contributed by atoms with E-state index in [1.165, 1.54) is 16.7 Å². The topological polar surface area (TPSA) is 37.8 Å². The molecule has 4 heteroatoms. The van der Waals surface area contributed by atoms with Crippen LogP contribution in [0.15, 0.2) is 59.5 Å². The van der Waals surface area contributed by atoms with Crippen LogP contribution in [0.5, 0.6) is 0 Å². The molecule has 98 valence electrons. The zero-order valence-electron chi connectivity index (χ0n) is 10.7. The van der Waals surface area contributed by atoms with Crippen molar-refractivity contribution in [3.8, 4) is 0 Å². The Morgan fingerprint density at radius 2 is 1.85 bits per heavy atom. The molecular weight excluding hydrogens is 268 g/mol. The van der Waals surface area contributed by atoms with Gasteiger partial charge in [0.25, 0.3) is 0 Å². The number of aromatic nitrogens is 2. The molecule has 4 aromatic rings. The Hall–Kier alpha value is -2.33. The number of H-pyrrole nitrogens is 1. The predicted molar refractivity (Wildman–Crippen MR) is 83.5 cm³/mol. The van der Waals surface area contributed by atoms with E-state index in [2.05, 4.69) is 11.1 Å². The van der Waals surface area contributed by atoms with Crippen molar-refractivity contribution < 1.29 is 0 Å². The zero-order valence-corrected chi connectivity index (χ0v) is 11.5. The summed E-state index contributed by atoms with van der Waals surface area (Å²) in [5.74, 6) is 0.